The summed E-state index contributed by atoms with van der Waals surface area (Å²) in [5.74, 6) is -0.343. The molecule has 1 heterocycles. The van der Waals surface area contributed by atoms with E-state index in [1.165, 1.54) is 13.2 Å². The van der Waals surface area contributed by atoms with Crippen molar-refractivity contribution in [3.05, 3.63) is 77.2 Å². The zero-order valence-electron chi connectivity index (χ0n) is 15.5. The molecular weight excluding hydrogens is 343 g/mol. The molecule has 27 heavy (non-hydrogen) atoms. The number of methoxy groups -OCH3 is 1. The number of guanidine groups is 1. The lowest BCUT2D eigenvalue weighted by Crippen LogP contribution is -2.47. The monoisotopic (exact) mass is 364 g/mol. The van der Waals surface area contributed by atoms with E-state index < -0.39 is 11.4 Å². The van der Waals surface area contributed by atoms with Crippen molar-refractivity contribution >= 4 is 5.96 Å². The van der Waals surface area contributed by atoms with Gasteiger partial charge in [-0.25, -0.2) is 9.38 Å². The fraction of sp³-hybridized carbons (Fsp3) is 0.238. The second-order valence-electron chi connectivity index (χ2n) is 6.69. The normalized spacial score (nSPS) is 22.2. The van der Waals surface area contributed by atoms with Crippen molar-refractivity contribution in [3.8, 4) is 11.8 Å². The molecule has 1 aliphatic rings. The van der Waals surface area contributed by atoms with Crippen molar-refractivity contribution in [2.45, 2.75) is 18.4 Å². The molecule has 0 saturated heterocycles. The maximum Gasteiger partial charge on any atom is 0.196 e. The van der Waals surface area contributed by atoms with Crippen molar-refractivity contribution < 1.29 is 9.13 Å². The first-order valence-corrected chi connectivity index (χ1v) is 8.43. The van der Waals surface area contributed by atoms with Gasteiger partial charge in [0.25, 0.3) is 0 Å². The number of rotatable bonds is 3. The minimum Gasteiger partial charge on any atom is -0.494 e. The molecule has 0 spiro atoms. The van der Waals surface area contributed by atoms with Crippen LogP contribution in [0.4, 0.5) is 4.39 Å². The van der Waals surface area contributed by atoms with Crippen LogP contribution in [-0.2, 0) is 5.54 Å². The first-order chi connectivity index (χ1) is 12.8. The molecule has 0 aliphatic carbocycles. The molecule has 5 nitrogen and oxygen atoms in total. The highest BCUT2D eigenvalue weighted by Crippen LogP contribution is 2.48. The van der Waals surface area contributed by atoms with Crippen molar-refractivity contribution in [1.82, 2.24) is 4.90 Å². The molecule has 0 amide bonds. The van der Waals surface area contributed by atoms with Crippen LogP contribution in [0.25, 0.3) is 0 Å². The van der Waals surface area contributed by atoms with Crippen LogP contribution in [0.1, 0.15) is 29.5 Å². The number of hydrogen-bond acceptors (Lipinski definition) is 5. The van der Waals surface area contributed by atoms with Crippen LogP contribution in [0.5, 0.6) is 5.75 Å². The number of aliphatic imine (C=N–C) groups is 1. The summed E-state index contributed by atoms with van der Waals surface area (Å²) in [4.78, 5) is 6.41. The lowest BCUT2D eigenvalue weighted by atomic mass is 9.73. The van der Waals surface area contributed by atoms with E-state index in [9.17, 15) is 9.65 Å². The molecule has 0 bridgehead atoms. The number of benzene rings is 2. The standard InChI is InChI=1S/C21H21FN4O/c1-13-19(15-8-9-18(27-4)17(22)11-15)21(2,25-20(24)26(13)3)16-7-5-6-14(10-16)12-23/h5-11,19H,1H2,2-4H3,(H2,24,25)/t19-,21+/m0/s1. The van der Waals surface area contributed by atoms with E-state index in [-0.39, 0.29) is 11.7 Å². The second kappa shape index (κ2) is 6.76. The van der Waals surface area contributed by atoms with E-state index in [1.807, 2.05) is 13.0 Å². The van der Waals surface area contributed by atoms with Crippen LogP contribution in [0, 0.1) is 17.1 Å². The highest BCUT2D eigenvalue weighted by molar-refractivity contribution is 5.82. The Kier molecular flexibility index (Phi) is 4.63. The largest absolute Gasteiger partial charge is 0.494 e. The lowest BCUT2D eigenvalue weighted by molar-refractivity contribution is 0.347. The van der Waals surface area contributed by atoms with Gasteiger partial charge < -0.3 is 15.4 Å². The van der Waals surface area contributed by atoms with Crippen molar-refractivity contribution in [2.24, 2.45) is 10.7 Å². The summed E-state index contributed by atoms with van der Waals surface area (Å²) in [5, 5.41) is 9.27. The lowest BCUT2D eigenvalue weighted by Gasteiger charge is -2.44. The quantitative estimate of drug-likeness (QED) is 0.905. The van der Waals surface area contributed by atoms with E-state index in [4.69, 9.17) is 15.5 Å². The van der Waals surface area contributed by atoms with Crippen LogP contribution < -0.4 is 10.5 Å². The van der Waals surface area contributed by atoms with Crippen LogP contribution in [0.15, 0.2) is 59.7 Å². The number of nitrogens with zero attached hydrogens (tertiary/aromatic N) is 3. The number of likely N-dealkylation sites (N-methyl/N-ethyl adjacent to an activating group) is 1. The van der Waals surface area contributed by atoms with Crippen molar-refractivity contribution in [3.63, 3.8) is 0 Å². The molecule has 1 aliphatic heterocycles. The summed E-state index contributed by atoms with van der Waals surface area (Å²) in [5.41, 5.74) is 8.00. The Morgan fingerprint density at radius 2 is 2.07 bits per heavy atom. The van der Waals surface area contributed by atoms with E-state index in [1.54, 1.807) is 42.3 Å². The van der Waals surface area contributed by atoms with Gasteiger partial charge in [0.05, 0.1) is 30.2 Å². The van der Waals surface area contributed by atoms with Gasteiger partial charge in [-0.3, -0.25) is 0 Å². The maximum atomic E-state index is 14.4. The van der Waals surface area contributed by atoms with Gasteiger partial charge in [0.1, 0.15) is 0 Å². The van der Waals surface area contributed by atoms with E-state index in [2.05, 4.69) is 12.6 Å². The maximum absolute atomic E-state index is 14.4. The molecule has 2 atom stereocenters. The third kappa shape index (κ3) is 3.02. The summed E-state index contributed by atoms with van der Waals surface area (Å²) in [7, 11) is 3.20. The number of nitriles is 1. The number of hydrogen-bond donors (Lipinski definition) is 1. The fourth-order valence-electron chi connectivity index (χ4n) is 3.56. The molecule has 0 saturated carbocycles. The molecular formula is C21H21FN4O. The predicted molar refractivity (Wildman–Crippen MR) is 103 cm³/mol. The van der Waals surface area contributed by atoms with Gasteiger partial charge >= 0.3 is 0 Å². The van der Waals surface area contributed by atoms with Gasteiger partial charge in [-0.1, -0.05) is 24.8 Å². The van der Waals surface area contributed by atoms with Gasteiger partial charge in [-0.15, -0.1) is 0 Å². The molecule has 0 aromatic heterocycles. The predicted octanol–water partition coefficient (Wildman–Crippen LogP) is 3.48. The first-order valence-electron chi connectivity index (χ1n) is 8.43. The topological polar surface area (TPSA) is 74.6 Å². The minimum absolute atomic E-state index is 0.171. The zero-order valence-corrected chi connectivity index (χ0v) is 15.5. The summed E-state index contributed by atoms with van der Waals surface area (Å²) in [6.07, 6.45) is 0. The highest BCUT2D eigenvalue weighted by atomic mass is 19.1. The molecule has 3 rings (SSSR count). The van der Waals surface area contributed by atoms with Crippen molar-refractivity contribution in [2.75, 3.05) is 14.2 Å². The minimum atomic E-state index is -0.846. The van der Waals surface area contributed by atoms with Gasteiger partial charge in [-0.2, -0.15) is 5.26 Å². The Bertz CT molecular complexity index is 978. The van der Waals surface area contributed by atoms with E-state index in [0.29, 0.717) is 22.8 Å². The van der Waals surface area contributed by atoms with Gasteiger partial charge in [0.15, 0.2) is 17.5 Å². The van der Waals surface area contributed by atoms with Gasteiger partial charge in [-0.05, 0) is 42.3 Å². The van der Waals surface area contributed by atoms with E-state index >= 15 is 0 Å². The van der Waals surface area contributed by atoms with Crippen LogP contribution >= 0.6 is 0 Å². The van der Waals surface area contributed by atoms with Gasteiger partial charge in [0.2, 0.25) is 0 Å². The third-order valence-electron chi connectivity index (χ3n) is 5.10. The Labute approximate surface area is 158 Å². The zero-order chi connectivity index (χ0) is 19.8. The van der Waals surface area contributed by atoms with Crippen LogP contribution in [0.3, 0.4) is 0 Å². The Morgan fingerprint density at radius 1 is 1.33 bits per heavy atom. The first kappa shape index (κ1) is 18.5. The number of nitrogens with two attached hydrogens (primary N) is 1. The summed E-state index contributed by atoms with van der Waals surface area (Å²) >= 11 is 0. The Hall–Kier alpha value is -3.33. The average molecular weight is 364 g/mol. The third-order valence-corrected chi connectivity index (χ3v) is 5.10. The molecule has 2 N–H and O–H groups in total. The average Bonchev–Trinajstić information content (AvgIpc) is 2.66. The Balaban J connectivity index is 2.23. The van der Waals surface area contributed by atoms with Gasteiger partial charge in [0, 0.05) is 12.7 Å². The Morgan fingerprint density at radius 3 is 2.70 bits per heavy atom. The molecule has 138 valence electrons. The summed E-state index contributed by atoms with van der Waals surface area (Å²) in [6, 6.07) is 14.2. The summed E-state index contributed by atoms with van der Waals surface area (Å²) in [6.45, 7) is 6.10. The molecule has 2 aromatic rings. The van der Waals surface area contributed by atoms with Crippen LogP contribution in [-0.4, -0.2) is 25.0 Å². The number of halogens is 1. The SMILES string of the molecule is C=C1[C@@H](c2ccc(OC)c(F)c2)[C@@](C)(c2cccc(C#N)c2)N=C(N)N1C. The molecule has 0 unspecified atom stereocenters. The van der Waals surface area contributed by atoms with Crippen LogP contribution in [0.2, 0.25) is 0 Å². The van der Waals surface area contributed by atoms with Crippen molar-refractivity contribution in [1.29, 1.82) is 5.26 Å². The fourth-order valence-corrected chi connectivity index (χ4v) is 3.56. The second-order valence-corrected chi connectivity index (χ2v) is 6.69. The smallest absolute Gasteiger partial charge is 0.196 e. The summed E-state index contributed by atoms with van der Waals surface area (Å²) < 4.78 is 19.4. The molecule has 6 heteroatoms. The van der Waals surface area contributed by atoms with E-state index in [0.717, 1.165) is 5.56 Å². The molecule has 2 aromatic carbocycles. The highest BCUT2D eigenvalue weighted by Gasteiger charge is 2.44. The number of ether oxygens (including phenoxy) is 1. The molecule has 0 fully saturated rings. The molecule has 0 radical (unpaired) electrons.